The fourth-order valence-corrected chi connectivity index (χ4v) is 5.22. The highest BCUT2D eigenvalue weighted by Gasteiger charge is 2.32. The van der Waals surface area contributed by atoms with Crippen molar-refractivity contribution in [1.29, 1.82) is 0 Å². The maximum Gasteiger partial charge on any atom is 0.246 e. The third-order valence-corrected chi connectivity index (χ3v) is 6.92. The van der Waals surface area contributed by atoms with E-state index < -0.39 is 10.0 Å². The van der Waals surface area contributed by atoms with Gasteiger partial charge >= 0.3 is 0 Å². The first-order valence-corrected chi connectivity index (χ1v) is 9.66. The van der Waals surface area contributed by atoms with E-state index in [1.807, 2.05) is 24.3 Å². The molecule has 1 N–H and O–H groups in total. The van der Waals surface area contributed by atoms with Crippen LogP contribution in [0.5, 0.6) is 0 Å². The minimum absolute atomic E-state index is 0.312. The van der Waals surface area contributed by atoms with Gasteiger partial charge in [0.15, 0.2) is 0 Å². The fraction of sp³-hybridized carbons (Fsp3) is 0.400. The van der Waals surface area contributed by atoms with E-state index in [9.17, 15) is 8.42 Å². The number of hydrogen-bond donors (Lipinski definition) is 1. The largest absolute Gasteiger partial charge is 0.368 e. The first-order valence-electron chi connectivity index (χ1n) is 7.42. The number of nitrogens with one attached hydrogen (secondary N) is 1. The van der Waals surface area contributed by atoms with Crippen LogP contribution >= 0.6 is 15.9 Å². The molecule has 0 radical (unpaired) electrons. The Hall–Kier alpha value is -1.38. The first-order chi connectivity index (χ1) is 10.9. The monoisotopic (exact) mass is 398 g/mol. The molecule has 6 nitrogen and oxygen atoms in total. The minimum atomic E-state index is -3.49. The molecule has 0 spiro atoms. The smallest absolute Gasteiger partial charge is 0.246 e. The van der Waals surface area contributed by atoms with Crippen LogP contribution in [0.3, 0.4) is 0 Å². The molecule has 1 aromatic heterocycles. The van der Waals surface area contributed by atoms with E-state index in [1.165, 1.54) is 0 Å². The Morgan fingerprint density at radius 3 is 2.35 bits per heavy atom. The summed E-state index contributed by atoms with van der Waals surface area (Å²) in [5, 5.41) is 6.76. The number of aromatic amines is 1. The summed E-state index contributed by atoms with van der Waals surface area (Å²) in [6.07, 6.45) is 0. The van der Waals surface area contributed by atoms with Crippen molar-refractivity contribution < 1.29 is 8.42 Å². The van der Waals surface area contributed by atoms with Crippen LogP contribution in [0.4, 0.5) is 5.69 Å². The number of hydrogen-bond acceptors (Lipinski definition) is 4. The second kappa shape index (κ2) is 6.26. The zero-order valence-corrected chi connectivity index (χ0v) is 15.5. The maximum absolute atomic E-state index is 12.8. The standard InChI is InChI=1S/C15H19BrN4O2S/c1-11-15(12(2)18-17-11)23(21,22)20-9-7-19(8-10-20)14-6-4-3-5-13(14)16/h3-6H,7-10H2,1-2H3,(H,17,18). The Morgan fingerprint density at radius 2 is 1.78 bits per heavy atom. The van der Waals surface area contributed by atoms with Crippen LogP contribution in [0.25, 0.3) is 0 Å². The highest BCUT2D eigenvalue weighted by atomic mass is 79.9. The minimum Gasteiger partial charge on any atom is -0.368 e. The molecule has 1 aliphatic heterocycles. The number of H-pyrrole nitrogens is 1. The highest BCUT2D eigenvalue weighted by molar-refractivity contribution is 9.10. The lowest BCUT2D eigenvalue weighted by Crippen LogP contribution is -2.48. The van der Waals surface area contributed by atoms with Crippen molar-refractivity contribution in [2.24, 2.45) is 0 Å². The average molecular weight is 399 g/mol. The van der Waals surface area contributed by atoms with Gasteiger partial charge in [0.1, 0.15) is 4.90 Å². The summed E-state index contributed by atoms with van der Waals surface area (Å²) in [6, 6.07) is 8.00. The summed E-state index contributed by atoms with van der Waals surface area (Å²) in [7, 11) is -3.49. The third-order valence-electron chi connectivity index (χ3n) is 4.09. The van der Waals surface area contributed by atoms with Crippen LogP contribution in [0, 0.1) is 13.8 Å². The number of sulfonamides is 1. The molecule has 1 saturated heterocycles. The van der Waals surface area contributed by atoms with Crippen molar-refractivity contribution in [2.75, 3.05) is 31.1 Å². The lowest BCUT2D eigenvalue weighted by Gasteiger charge is -2.35. The summed E-state index contributed by atoms with van der Waals surface area (Å²) in [5.41, 5.74) is 2.21. The van der Waals surface area contributed by atoms with Crippen LogP contribution in [-0.2, 0) is 10.0 Å². The topological polar surface area (TPSA) is 69.3 Å². The highest BCUT2D eigenvalue weighted by Crippen LogP contribution is 2.28. The number of nitrogens with zero attached hydrogens (tertiary/aromatic N) is 3. The third kappa shape index (κ3) is 3.02. The van der Waals surface area contributed by atoms with Gasteiger partial charge in [-0.25, -0.2) is 8.42 Å². The molecule has 124 valence electrons. The molecule has 23 heavy (non-hydrogen) atoms. The molecule has 0 saturated carbocycles. The SMILES string of the molecule is Cc1n[nH]c(C)c1S(=O)(=O)N1CCN(c2ccccc2Br)CC1. The molecule has 0 unspecified atom stereocenters. The Labute approximate surface area is 144 Å². The number of halogens is 1. The molecule has 0 bridgehead atoms. The Kier molecular flexibility index (Phi) is 4.48. The molecular weight excluding hydrogens is 380 g/mol. The summed E-state index contributed by atoms with van der Waals surface area (Å²) in [6.45, 7) is 5.72. The van der Waals surface area contributed by atoms with Gasteiger partial charge in [-0.2, -0.15) is 9.40 Å². The zero-order chi connectivity index (χ0) is 16.6. The van der Waals surface area contributed by atoms with Crippen LogP contribution < -0.4 is 4.90 Å². The van der Waals surface area contributed by atoms with Crippen molar-refractivity contribution >= 4 is 31.6 Å². The van der Waals surface area contributed by atoms with E-state index in [4.69, 9.17) is 0 Å². The fourth-order valence-electron chi connectivity index (χ4n) is 2.93. The van der Waals surface area contributed by atoms with Gasteiger partial charge in [0, 0.05) is 30.7 Å². The van der Waals surface area contributed by atoms with Crippen molar-refractivity contribution in [1.82, 2.24) is 14.5 Å². The second-order valence-corrected chi connectivity index (χ2v) is 8.33. The van der Waals surface area contributed by atoms with E-state index in [1.54, 1.807) is 18.2 Å². The van der Waals surface area contributed by atoms with E-state index in [-0.39, 0.29) is 0 Å². The predicted octanol–water partition coefficient (Wildman–Crippen LogP) is 2.30. The van der Waals surface area contributed by atoms with E-state index in [0.717, 1.165) is 10.2 Å². The molecule has 1 aromatic carbocycles. The zero-order valence-electron chi connectivity index (χ0n) is 13.1. The molecule has 0 aliphatic carbocycles. The van der Waals surface area contributed by atoms with Gasteiger partial charge < -0.3 is 4.90 Å². The molecule has 0 atom stereocenters. The average Bonchev–Trinajstić information content (AvgIpc) is 2.87. The summed E-state index contributed by atoms with van der Waals surface area (Å²) in [5.74, 6) is 0. The molecular formula is C15H19BrN4O2S. The quantitative estimate of drug-likeness (QED) is 0.860. The first kappa shape index (κ1) is 16.5. The summed E-state index contributed by atoms with van der Waals surface area (Å²) in [4.78, 5) is 2.51. The molecule has 3 rings (SSSR count). The van der Waals surface area contributed by atoms with Gasteiger partial charge in [-0.3, -0.25) is 5.10 Å². The van der Waals surface area contributed by atoms with Crippen molar-refractivity contribution in [3.63, 3.8) is 0 Å². The van der Waals surface area contributed by atoms with Gasteiger partial charge in [-0.15, -0.1) is 0 Å². The summed E-state index contributed by atoms with van der Waals surface area (Å²) >= 11 is 3.55. The molecule has 2 aromatic rings. The van der Waals surface area contributed by atoms with Crippen LogP contribution in [-0.4, -0.2) is 49.1 Å². The van der Waals surface area contributed by atoms with E-state index in [2.05, 4.69) is 31.0 Å². The predicted molar refractivity (Wildman–Crippen MR) is 93.2 cm³/mol. The molecule has 2 heterocycles. The van der Waals surface area contributed by atoms with Crippen LogP contribution in [0.15, 0.2) is 33.6 Å². The van der Waals surface area contributed by atoms with Gasteiger partial charge in [0.05, 0.1) is 17.1 Å². The van der Waals surface area contributed by atoms with Gasteiger partial charge in [-0.05, 0) is 41.9 Å². The van der Waals surface area contributed by atoms with Crippen molar-refractivity contribution in [2.45, 2.75) is 18.7 Å². The molecule has 8 heteroatoms. The molecule has 0 amide bonds. The number of rotatable bonds is 3. The number of piperazine rings is 1. The number of aryl methyl sites for hydroxylation is 2. The number of anilines is 1. The number of aromatic nitrogens is 2. The van der Waals surface area contributed by atoms with E-state index in [0.29, 0.717) is 42.5 Å². The number of para-hydroxylation sites is 1. The Bertz CT molecular complexity index is 791. The Morgan fingerprint density at radius 1 is 1.13 bits per heavy atom. The lowest BCUT2D eigenvalue weighted by atomic mass is 10.2. The lowest BCUT2D eigenvalue weighted by molar-refractivity contribution is 0.384. The van der Waals surface area contributed by atoms with E-state index >= 15 is 0 Å². The normalized spacial score (nSPS) is 16.7. The summed E-state index contributed by atoms with van der Waals surface area (Å²) < 4.78 is 28.2. The van der Waals surface area contributed by atoms with Crippen molar-refractivity contribution in [3.05, 3.63) is 40.1 Å². The second-order valence-electron chi connectivity index (χ2n) is 5.61. The van der Waals surface area contributed by atoms with Gasteiger partial charge in [0.25, 0.3) is 0 Å². The van der Waals surface area contributed by atoms with Gasteiger partial charge in [0.2, 0.25) is 10.0 Å². The van der Waals surface area contributed by atoms with Crippen molar-refractivity contribution in [3.8, 4) is 0 Å². The maximum atomic E-state index is 12.8. The Balaban J connectivity index is 1.78. The van der Waals surface area contributed by atoms with Gasteiger partial charge in [-0.1, -0.05) is 12.1 Å². The number of benzene rings is 1. The van der Waals surface area contributed by atoms with Crippen LogP contribution in [0.1, 0.15) is 11.4 Å². The molecule has 1 fully saturated rings. The van der Waals surface area contributed by atoms with Crippen LogP contribution in [0.2, 0.25) is 0 Å². The molecule has 1 aliphatic rings.